The van der Waals surface area contributed by atoms with Gasteiger partial charge in [-0.15, -0.1) is 0 Å². The molecule has 9 heteroatoms. The molecule has 0 saturated carbocycles. The van der Waals surface area contributed by atoms with Gasteiger partial charge in [-0.1, -0.05) is 30.3 Å². The summed E-state index contributed by atoms with van der Waals surface area (Å²) in [4.78, 5) is 33.6. The van der Waals surface area contributed by atoms with Crippen LogP contribution in [0.2, 0.25) is 0 Å². The molecule has 1 aromatic heterocycles. The molecule has 0 fully saturated rings. The van der Waals surface area contributed by atoms with Crippen molar-refractivity contribution in [3.8, 4) is 23.0 Å². The van der Waals surface area contributed by atoms with E-state index < -0.39 is 0 Å². The van der Waals surface area contributed by atoms with Crippen molar-refractivity contribution in [2.24, 2.45) is 0 Å². The Hall–Kier alpha value is -4.27. The number of hydrogen-bond donors (Lipinski definition) is 0. The second-order valence-corrected chi connectivity index (χ2v) is 8.04. The second-order valence-electron chi connectivity index (χ2n) is 8.04. The number of ether oxygens (including phenoxy) is 4. The van der Waals surface area contributed by atoms with E-state index in [0.29, 0.717) is 23.0 Å². The topological polar surface area (TPSA) is 90.4 Å². The zero-order valence-electron chi connectivity index (χ0n) is 21.4. The lowest BCUT2D eigenvalue weighted by Crippen LogP contribution is -2.30. The molecule has 0 N–H and O–H groups in total. The van der Waals surface area contributed by atoms with Crippen LogP contribution in [-0.2, 0) is 13.1 Å². The molecule has 0 bridgehead atoms. The molecule has 0 aliphatic carbocycles. The van der Waals surface area contributed by atoms with Crippen LogP contribution in [0.15, 0.2) is 54.6 Å². The quantitative estimate of drug-likeness (QED) is 0.426. The Morgan fingerprint density at radius 1 is 0.639 bits per heavy atom. The summed E-state index contributed by atoms with van der Waals surface area (Å²) in [7, 11) is 9.56. The molecular weight excluding hydrogens is 462 g/mol. The summed E-state index contributed by atoms with van der Waals surface area (Å²) in [5, 5.41) is 0. The Morgan fingerprint density at radius 2 is 1.03 bits per heavy atom. The first kappa shape index (κ1) is 26.3. The highest BCUT2D eigenvalue weighted by atomic mass is 16.5. The number of hydrogen-bond acceptors (Lipinski definition) is 7. The van der Waals surface area contributed by atoms with E-state index >= 15 is 0 Å². The van der Waals surface area contributed by atoms with Crippen molar-refractivity contribution in [1.29, 1.82) is 0 Å². The van der Waals surface area contributed by atoms with Crippen molar-refractivity contribution in [3.05, 3.63) is 77.1 Å². The zero-order valence-corrected chi connectivity index (χ0v) is 21.4. The average Bonchev–Trinajstić information content (AvgIpc) is 2.91. The minimum Gasteiger partial charge on any atom is -0.493 e. The first-order chi connectivity index (χ1) is 17.3. The molecular formula is C27H31N3O6. The lowest BCUT2D eigenvalue weighted by atomic mass is 10.1. The molecule has 2 amide bonds. The summed E-state index contributed by atoms with van der Waals surface area (Å²) in [6.45, 7) is 0.545. The van der Waals surface area contributed by atoms with Gasteiger partial charge in [0.2, 0.25) is 0 Å². The van der Waals surface area contributed by atoms with Crippen molar-refractivity contribution in [2.45, 2.75) is 13.1 Å². The van der Waals surface area contributed by atoms with E-state index in [2.05, 4.69) is 4.98 Å². The van der Waals surface area contributed by atoms with Crippen molar-refractivity contribution in [2.75, 3.05) is 42.5 Å². The van der Waals surface area contributed by atoms with Gasteiger partial charge in [-0.25, -0.2) is 4.98 Å². The van der Waals surface area contributed by atoms with Crippen LogP contribution in [0.1, 0.15) is 32.1 Å². The minimum atomic E-state index is -0.327. The van der Waals surface area contributed by atoms with Crippen molar-refractivity contribution >= 4 is 11.8 Å². The smallest absolute Gasteiger partial charge is 0.272 e. The van der Waals surface area contributed by atoms with E-state index in [1.54, 1.807) is 72.9 Å². The molecule has 1 heterocycles. The summed E-state index contributed by atoms with van der Waals surface area (Å²) in [5.41, 5.74) is 1.90. The van der Waals surface area contributed by atoms with Gasteiger partial charge in [0.1, 0.15) is 11.4 Å². The van der Waals surface area contributed by atoms with Gasteiger partial charge >= 0.3 is 0 Å². The van der Waals surface area contributed by atoms with Crippen LogP contribution < -0.4 is 18.9 Å². The van der Waals surface area contributed by atoms with Gasteiger partial charge < -0.3 is 28.7 Å². The van der Waals surface area contributed by atoms with Gasteiger partial charge in [-0.2, -0.15) is 0 Å². The minimum absolute atomic E-state index is 0.164. The summed E-state index contributed by atoms with van der Waals surface area (Å²) in [5.74, 6) is 1.63. The maximum atomic E-state index is 13.1. The number of benzene rings is 2. The normalized spacial score (nSPS) is 10.4. The Morgan fingerprint density at radius 3 is 1.39 bits per heavy atom. The Balaban J connectivity index is 1.77. The third-order valence-corrected chi connectivity index (χ3v) is 5.66. The number of carbonyl (C=O) groups excluding carboxylic acids is 2. The monoisotopic (exact) mass is 493 g/mol. The maximum Gasteiger partial charge on any atom is 0.272 e. The van der Waals surface area contributed by atoms with E-state index in [9.17, 15) is 9.59 Å². The number of carbonyl (C=O) groups is 2. The van der Waals surface area contributed by atoms with Crippen LogP contribution in [0.5, 0.6) is 23.0 Å². The predicted octanol–water partition coefficient (Wildman–Crippen LogP) is 3.66. The van der Waals surface area contributed by atoms with Crippen LogP contribution in [0.25, 0.3) is 0 Å². The molecule has 0 aliphatic heterocycles. The number of pyridine rings is 1. The number of aromatic nitrogens is 1. The van der Waals surface area contributed by atoms with Gasteiger partial charge in [0, 0.05) is 38.3 Å². The van der Waals surface area contributed by atoms with Gasteiger partial charge in [-0.05, 0) is 24.3 Å². The van der Waals surface area contributed by atoms with Gasteiger partial charge in [0.05, 0.1) is 28.4 Å². The summed E-state index contributed by atoms with van der Waals surface area (Å²) in [6, 6.07) is 15.8. The highest BCUT2D eigenvalue weighted by molar-refractivity contribution is 5.96. The molecule has 190 valence electrons. The van der Waals surface area contributed by atoms with Crippen LogP contribution in [0.4, 0.5) is 0 Å². The maximum absolute atomic E-state index is 13.1. The highest BCUT2D eigenvalue weighted by Gasteiger charge is 2.21. The third-order valence-electron chi connectivity index (χ3n) is 5.66. The first-order valence-corrected chi connectivity index (χ1v) is 11.2. The van der Waals surface area contributed by atoms with Crippen molar-refractivity contribution in [1.82, 2.24) is 14.8 Å². The number of methoxy groups -OCH3 is 4. The predicted molar refractivity (Wildman–Crippen MR) is 135 cm³/mol. The highest BCUT2D eigenvalue weighted by Crippen LogP contribution is 2.32. The van der Waals surface area contributed by atoms with E-state index in [4.69, 9.17) is 18.9 Å². The fourth-order valence-electron chi connectivity index (χ4n) is 3.88. The molecule has 9 nitrogen and oxygen atoms in total. The second kappa shape index (κ2) is 11.9. The summed E-state index contributed by atoms with van der Waals surface area (Å²) >= 11 is 0. The Kier molecular flexibility index (Phi) is 8.72. The lowest BCUT2D eigenvalue weighted by molar-refractivity contribution is 0.0770. The van der Waals surface area contributed by atoms with E-state index in [1.165, 1.54) is 9.80 Å². The van der Waals surface area contributed by atoms with Gasteiger partial charge in [-0.3, -0.25) is 9.59 Å². The fourth-order valence-corrected chi connectivity index (χ4v) is 3.88. The molecule has 0 radical (unpaired) electrons. The van der Waals surface area contributed by atoms with Gasteiger partial charge in [0.15, 0.2) is 23.0 Å². The molecule has 0 aliphatic rings. The van der Waals surface area contributed by atoms with Crippen molar-refractivity contribution in [3.63, 3.8) is 0 Å². The molecule has 0 saturated heterocycles. The lowest BCUT2D eigenvalue weighted by Gasteiger charge is -2.21. The van der Waals surface area contributed by atoms with Crippen LogP contribution in [0.3, 0.4) is 0 Å². The summed E-state index contributed by atoms with van der Waals surface area (Å²) in [6.07, 6.45) is 0. The van der Waals surface area contributed by atoms with E-state index in [0.717, 1.165) is 11.1 Å². The number of rotatable bonds is 10. The molecule has 3 aromatic rings. The number of amides is 2. The molecule has 2 aromatic carbocycles. The van der Waals surface area contributed by atoms with Gasteiger partial charge in [0.25, 0.3) is 11.8 Å². The standard InChI is InChI=1S/C27H31N3O6/c1-29(16-18-10-7-14-22(33-3)24(18)35-5)26(31)20-12-9-13-21(28-20)27(32)30(2)17-19-11-8-15-23(34-4)25(19)36-6/h7-15H,16-17H2,1-6H3. The van der Waals surface area contributed by atoms with Crippen LogP contribution in [0, 0.1) is 0 Å². The molecule has 36 heavy (non-hydrogen) atoms. The molecule has 0 atom stereocenters. The van der Waals surface area contributed by atoms with E-state index in [-0.39, 0.29) is 36.3 Å². The number of nitrogens with zero attached hydrogens (tertiary/aromatic N) is 3. The fraction of sp³-hybridized carbons (Fsp3) is 0.296. The van der Waals surface area contributed by atoms with Crippen molar-refractivity contribution < 1.29 is 28.5 Å². The Bertz CT molecular complexity index is 1140. The molecule has 0 unspecified atom stereocenters. The largest absolute Gasteiger partial charge is 0.493 e. The zero-order chi connectivity index (χ0) is 26.2. The Labute approximate surface area is 211 Å². The summed E-state index contributed by atoms with van der Waals surface area (Å²) < 4.78 is 21.6. The van der Waals surface area contributed by atoms with E-state index in [1.807, 2.05) is 24.3 Å². The average molecular weight is 494 g/mol. The first-order valence-electron chi connectivity index (χ1n) is 11.2. The van der Waals surface area contributed by atoms with Crippen LogP contribution >= 0.6 is 0 Å². The molecule has 3 rings (SSSR count). The molecule has 0 spiro atoms. The SMILES string of the molecule is COc1cccc(CN(C)C(=O)c2cccc(C(=O)N(C)Cc3cccc(OC)c3OC)n2)c1OC. The third kappa shape index (κ3) is 5.68. The number of para-hydroxylation sites is 2. The van der Waals surface area contributed by atoms with Crippen LogP contribution in [-0.4, -0.2) is 69.1 Å².